The second-order valence-corrected chi connectivity index (χ2v) is 7.80. The lowest BCUT2D eigenvalue weighted by Gasteiger charge is -2.09. The summed E-state index contributed by atoms with van der Waals surface area (Å²) in [5, 5.41) is 11.0. The van der Waals surface area contributed by atoms with Gasteiger partial charge in [0.05, 0.1) is 10.8 Å². The molecule has 5 nitrogen and oxygen atoms in total. The fraction of sp³-hybridized carbons (Fsp3) is 0.400. The maximum absolute atomic E-state index is 12.3. The first-order chi connectivity index (χ1) is 11.1. The Morgan fingerprint density at radius 1 is 1.38 bits per heavy atom. The lowest BCUT2D eigenvalue weighted by atomic mass is 10.1. The number of rotatable bonds is 5. The Hall–Kier alpha value is -1.01. The summed E-state index contributed by atoms with van der Waals surface area (Å²) in [7, 11) is 0. The minimum Gasteiger partial charge on any atom is -0.460 e. The largest absolute Gasteiger partial charge is 0.460 e. The van der Waals surface area contributed by atoms with E-state index in [1.807, 2.05) is 13.8 Å². The van der Waals surface area contributed by atoms with Crippen LogP contribution in [0.3, 0.4) is 0 Å². The molecule has 0 N–H and O–H groups in total. The molecule has 2 unspecified atom stereocenters. The molecule has 9 heteroatoms. The van der Waals surface area contributed by atoms with E-state index in [9.17, 15) is 14.9 Å². The van der Waals surface area contributed by atoms with Crippen molar-refractivity contribution >= 4 is 58.1 Å². The van der Waals surface area contributed by atoms with E-state index in [4.69, 9.17) is 51.1 Å². The number of allylic oxidation sites excluding steroid dienone is 1. The molecule has 0 aromatic heterocycles. The summed E-state index contributed by atoms with van der Waals surface area (Å²) in [6.45, 7) is 3.53. The van der Waals surface area contributed by atoms with Crippen molar-refractivity contribution < 1.29 is 14.5 Å². The molecule has 2 atom stereocenters. The van der Waals surface area contributed by atoms with Crippen molar-refractivity contribution in [1.29, 1.82) is 0 Å². The second kappa shape index (κ2) is 7.08. The number of hydrogen-bond donors (Lipinski definition) is 0. The summed E-state index contributed by atoms with van der Waals surface area (Å²) >= 11 is 23.3. The first kappa shape index (κ1) is 19.3. The average Bonchev–Trinajstić information content (AvgIpc) is 2.98. The lowest BCUT2D eigenvalue weighted by molar-refractivity contribution is -0.384. The van der Waals surface area contributed by atoms with Crippen LogP contribution in [0.1, 0.15) is 19.4 Å². The lowest BCUT2D eigenvalue weighted by Crippen LogP contribution is -2.11. The first-order valence-corrected chi connectivity index (χ1v) is 8.39. The number of carbonyl (C=O) groups is 1. The number of nitro groups is 1. The number of halogens is 4. The molecule has 0 spiro atoms. The van der Waals surface area contributed by atoms with Crippen LogP contribution < -0.4 is 0 Å². The molecular weight excluding hydrogens is 400 g/mol. The molecule has 130 valence electrons. The molecule has 1 aliphatic carbocycles. The van der Waals surface area contributed by atoms with Gasteiger partial charge < -0.3 is 4.74 Å². The molecular formula is C15H13Cl4NO4. The second-order valence-electron chi connectivity index (χ2n) is 6.01. The summed E-state index contributed by atoms with van der Waals surface area (Å²) in [4.78, 5) is 22.6. The highest BCUT2D eigenvalue weighted by Gasteiger charge is 2.61. The number of hydrogen-bond acceptors (Lipinski definition) is 4. The number of nitro benzene ring substituents is 1. The van der Waals surface area contributed by atoms with Gasteiger partial charge >= 0.3 is 5.97 Å². The highest BCUT2D eigenvalue weighted by Crippen LogP contribution is 2.60. The summed E-state index contributed by atoms with van der Waals surface area (Å²) in [5.41, 5.74) is -0.432. The van der Waals surface area contributed by atoms with Crippen molar-refractivity contribution in [3.63, 3.8) is 0 Å². The van der Waals surface area contributed by atoms with Gasteiger partial charge in [-0.25, -0.2) is 0 Å². The van der Waals surface area contributed by atoms with Crippen LogP contribution >= 0.6 is 46.4 Å². The smallest absolute Gasteiger partial charge is 0.310 e. The fourth-order valence-electron chi connectivity index (χ4n) is 2.67. The predicted octanol–water partition coefficient (Wildman–Crippen LogP) is 5.54. The quantitative estimate of drug-likeness (QED) is 0.361. The van der Waals surface area contributed by atoms with Crippen LogP contribution in [0, 0.1) is 27.4 Å². The Labute approximate surface area is 158 Å². The number of ether oxygens (including phenoxy) is 1. The van der Waals surface area contributed by atoms with Crippen LogP contribution in [0.5, 0.6) is 0 Å². The van der Waals surface area contributed by atoms with Crippen molar-refractivity contribution in [3.05, 3.63) is 48.4 Å². The molecule has 1 aromatic rings. The zero-order valence-electron chi connectivity index (χ0n) is 12.7. The van der Waals surface area contributed by atoms with Crippen LogP contribution in [0.15, 0.2) is 22.7 Å². The molecule has 1 saturated carbocycles. The molecule has 0 aliphatic heterocycles. The average molecular weight is 413 g/mol. The topological polar surface area (TPSA) is 69.4 Å². The van der Waals surface area contributed by atoms with Crippen LogP contribution in [0.4, 0.5) is 5.69 Å². The van der Waals surface area contributed by atoms with E-state index in [-0.39, 0.29) is 43.7 Å². The zero-order chi connectivity index (χ0) is 18.2. The highest BCUT2D eigenvalue weighted by atomic mass is 35.5. The molecule has 2 rings (SSSR count). The molecule has 1 fully saturated rings. The van der Waals surface area contributed by atoms with Crippen molar-refractivity contribution in [3.8, 4) is 0 Å². The Balaban J connectivity index is 2.12. The van der Waals surface area contributed by atoms with Crippen LogP contribution in [-0.4, -0.2) is 10.9 Å². The van der Waals surface area contributed by atoms with Gasteiger partial charge in [0, 0.05) is 16.7 Å². The molecule has 0 saturated heterocycles. The molecule has 24 heavy (non-hydrogen) atoms. The summed E-state index contributed by atoms with van der Waals surface area (Å²) < 4.78 is 5.34. The Morgan fingerprint density at radius 3 is 2.54 bits per heavy atom. The van der Waals surface area contributed by atoms with Gasteiger partial charge in [-0.15, -0.1) is 0 Å². The maximum Gasteiger partial charge on any atom is 0.310 e. The third kappa shape index (κ3) is 3.80. The first-order valence-electron chi connectivity index (χ1n) is 6.88. The maximum atomic E-state index is 12.3. The van der Waals surface area contributed by atoms with Crippen molar-refractivity contribution in [2.45, 2.75) is 20.5 Å². The van der Waals surface area contributed by atoms with Gasteiger partial charge in [-0.1, -0.05) is 60.3 Å². The van der Waals surface area contributed by atoms with Crippen LogP contribution in [-0.2, 0) is 16.1 Å². The van der Waals surface area contributed by atoms with Crippen LogP contribution in [0.2, 0.25) is 10.0 Å². The molecule has 1 aliphatic rings. The normalized spacial score (nSPS) is 21.1. The fourth-order valence-corrected chi connectivity index (χ4v) is 3.49. The SMILES string of the molecule is CC1(C)C(C=C(Cl)Cl)C1C(=O)OCc1c(Cl)ccc([N+](=O)[O-])c1Cl. The third-order valence-electron chi connectivity index (χ3n) is 4.19. The standard InChI is InChI=1S/C15H13Cl4NO4/c1-15(2)8(5-11(17)18)12(15)14(21)24-6-7-9(16)3-4-10(13(7)19)20(22)23/h3-5,8,12H,6H2,1-2H3. The van der Waals surface area contributed by atoms with Gasteiger partial charge in [-0.2, -0.15) is 0 Å². The van der Waals surface area contributed by atoms with Crippen LogP contribution in [0.25, 0.3) is 0 Å². The van der Waals surface area contributed by atoms with Gasteiger partial charge in [0.2, 0.25) is 0 Å². The molecule has 0 bridgehead atoms. The number of nitrogens with zero attached hydrogens (tertiary/aromatic N) is 1. The van der Waals surface area contributed by atoms with Gasteiger partial charge in [0.15, 0.2) is 0 Å². The van der Waals surface area contributed by atoms with Gasteiger partial charge in [0.25, 0.3) is 5.69 Å². The molecule has 1 aromatic carbocycles. The summed E-state index contributed by atoms with van der Waals surface area (Å²) in [5.74, 6) is -0.998. The van der Waals surface area contributed by atoms with E-state index >= 15 is 0 Å². The summed E-state index contributed by atoms with van der Waals surface area (Å²) in [6.07, 6.45) is 1.60. The Kier molecular flexibility index (Phi) is 5.70. The third-order valence-corrected chi connectivity index (χ3v) is 5.22. The minimum atomic E-state index is -0.628. The van der Waals surface area contributed by atoms with Crippen molar-refractivity contribution in [2.24, 2.45) is 17.3 Å². The minimum absolute atomic E-state index is 0.0909. The van der Waals surface area contributed by atoms with Gasteiger partial charge in [-0.05, 0) is 23.5 Å². The Morgan fingerprint density at radius 2 is 2.00 bits per heavy atom. The Bertz CT molecular complexity index is 728. The number of benzene rings is 1. The zero-order valence-corrected chi connectivity index (χ0v) is 15.7. The van der Waals surface area contributed by atoms with E-state index < -0.39 is 16.8 Å². The van der Waals surface area contributed by atoms with E-state index in [1.165, 1.54) is 12.1 Å². The molecule has 0 heterocycles. The van der Waals surface area contributed by atoms with E-state index in [1.54, 1.807) is 6.08 Å². The highest BCUT2D eigenvalue weighted by molar-refractivity contribution is 6.55. The van der Waals surface area contributed by atoms with Gasteiger partial charge in [-0.3, -0.25) is 14.9 Å². The van der Waals surface area contributed by atoms with Crippen molar-refractivity contribution in [1.82, 2.24) is 0 Å². The monoisotopic (exact) mass is 411 g/mol. The molecule has 0 radical (unpaired) electrons. The van der Waals surface area contributed by atoms with E-state index in [0.29, 0.717) is 0 Å². The summed E-state index contributed by atoms with van der Waals surface area (Å²) in [6, 6.07) is 2.54. The van der Waals surface area contributed by atoms with E-state index in [2.05, 4.69) is 0 Å². The van der Waals surface area contributed by atoms with Crippen molar-refractivity contribution in [2.75, 3.05) is 0 Å². The molecule has 0 amide bonds. The van der Waals surface area contributed by atoms with Gasteiger partial charge in [0.1, 0.15) is 16.1 Å². The number of carbonyl (C=O) groups excluding carboxylic acids is 1. The number of esters is 1. The predicted molar refractivity (Wildman–Crippen MR) is 93.5 cm³/mol. The van der Waals surface area contributed by atoms with E-state index in [0.717, 1.165) is 0 Å².